The molecule has 1 aromatic rings. The van der Waals surface area contributed by atoms with E-state index in [-0.39, 0.29) is 6.61 Å². The van der Waals surface area contributed by atoms with Gasteiger partial charge in [0.2, 0.25) is 5.91 Å². The number of alkyl halides is 1. The molecule has 126 valence electrons. The van der Waals surface area contributed by atoms with E-state index in [9.17, 15) is 19.5 Å². The summed E-state index contributed by atoms with van der Waals surface area (Å²) in [6.07, 6.45) is -2.47. The van der Waals surface area contributed by atoms with E-state index in [1.807, 2.05) is 6.07 Å². The second-order valence-corrected chi connectivity index (χ2v) is 4.74. The van der Waals surface area contributed by atoms with Crippen molar-refractivity contribution in [1.29, 1.82) is 0 Å². The number of rotatable bonds is 8. The van der Waals surface area contributed by atoms with Crippen LogP contribution in [0.2, 0.25) is 0 Å². The zero-order valence-corrected chi connectivity index (χ0v) is 12.9. The fraction of sp³-hybridized carbons (Fsp3) is 0.357. The molecule has 0 aromatic heterocycles. The first-order chi connectivity index (χ1) is 10.9. The van der Waals surface area contributed by atoms with Gasteiger partial charge < -0.3 is 25.6 Å². The molecule has 2 atom stereocenters. The van der Waals surface area contributed by atoms with Gasteiger partial charge in [0.1, 0.15) is 31.2 Å². The lowest BCUT2D eigenvalue weighted by atomic mass is 10.1. The van der Waals surface area contributed by atoms with Crippen molar-refractivity contribution in [2.45, 2.75) is 18.8 Å². The summed E-state index contributed by atoms with van der Waals surface area (Å²) in [5.74, 6) is -2.18. The van der Waals surface area contributed by atoms with E-state index in [1.54, 1.807) is 24.3 Å². The number of carbonyl (C=O) groups excluding carboxylic acids is 3. The first-order valence-electron chi connectivity index (χ1n) is 6.60. The first-order valence-corrected chi connectivity index (χ1v) is 7.13. The van der Waals surface area contributed by atoms with Crippen LogP contribution < -0.4 is 11.1 Å². The molecule has 9 heteroatoms. The minimum absolute atomic E-state index is 0.0184. The Hall–Kier alpha value is -2.32. The van der Waals surface area contributed by atoms with Crippen LogP contribution in [0, 0.1) is 0 Å². The quantitative estimate of drug-likeness (QED) is 0.446. The molecular formula is C14H17ClN2O6. The van der Waals surface area contributed by atoms with E-state index >= 15 is 0 Å². The molecule has 0 bridgehead atoms. The van der Waals surface area contributed by atoms with Gasteiger partial charge in [-0.15, -0.1) is 11.6 Å². The summed E-state index contributed by atoms with van der Waals surface area (Å²) in [4.78, 5) is 33.8. The second-order valence-electron chi connectivity index (χ2n) is 4.47. The predicted octanol–water partition coefficient (Wildman–Crippen LogP) is -0.0904. The Labute approximate surface area is 137 Å². The molecule has 2 amide bonds. The molecule has 0 aliphatic heterocycles. The highest BCUT2D eigenvalue weighted by Crippen LogP contribution is 2.02. The maximum atomic E-state index is 11.6. The van der Waals surface area contributed by atoms with Crippen LogP contribution in [0.5, 0.6) is 0 Å². The number of halogens is 1. The Bertz CT molecular complexity index is 539. The highest BCUT2D eigenvalue weighted by atomic mass is 35.5. The number of nitrogens with two attached hydrogens (primary N) is 1. The monoisotopic (exact) mass is 344 g/mol. The zero-order valence-electron chi connectivity index (χ0n) is 12.1. The van der Waals surface area contributed by atoms with E-state index in [2.05, 4.69) is 10.1 Å². The molecule has 0 aliphatic carbocycles. The van der Waals surface area contributed by atoms with Crippen molar-refractivity contribution in [3.8, 4) is 0 Å². The standard InChI is InChI=1S/C14H17ClN2O6/c15-6-11(19)22-8-10(18)12(13(16)20)17-14(21)23-7-9-4-2-1-3-5-9/h1-5,10,12,18H,6-8H2,(H2,16,20)(H,17,21)/t10-,12-/m0/s1. The molecule has 0 spiro atoms. The normalized spacial score (nSPS) is 12.8. The third-order valence-electron chi connectivity index (χ3n) is 2.70. The van der Waals surface area contributed by atoms with Crippen molar-refractivity contribution in [1.82, 2.24) is 5.32 Å². The molecule has 0 unspecified atom stereocenters. The summed E-state index contributed by atoms with van der Waals surface area (Å²) in [7, 11) is 0. The van der Waals surface area contributed by atoms with Crippen LogP contribution in [0.3, 0.4) is 0 Å². The van der Waals surface area contributed by atoms with Crippen molar-refractivity contribution in [3.63, 3.8) is 0 Å². The van der Waals surface area contributed by atoms with Crippen LogP contribution in [-0.4, -0.2) is 47.7 Å². The number of aliphatic hydroxyl groups is 1. The minimum Gasteiger partial charge on any atom is -0.462 e. The Morgan fingerprint density at radius 2 is 1.87 bits per heavy atom. The highest BCUT2D eigenvalue weighted by molar-refractivity contribution is 6.26. The molecule has 4 N–H and O–H groups in total. The van der Waals surface area contributed by atoms with Gasteiger partial charge in [-0.1, -0.05) is 30.3 Å². The third-order valence-corrected chi connectivity index (χ3v) is 2.92. The number of primary amides is 1. The number of ether oxygens (including phenoxy) is 2. The molecular weight excluding hydrogens is 328 g/mol. The van der Waals surface area contributed by atoms with Gasteiger partial charge in [-0.3, -0.25) is 9.59 Å². The topological polar surface area (TPSA) is 128 Å². The molecule has 0 fully saturated rings. The molecule has 8 nitrogen and oxygen atoms in total. The van der Waals surface area contributed by atoms with Gasteiger partial charge in [0, 0.05) is 0 Å². The van der Waals surface area contributed by atoms with Crippen molar-refractivity contribution in [2.24, 2.45) is 5.73 Å². The van der Waals surface area contributed by atoms with Gasteiger partial charge in [-0.2, -0.15) is 0 Å². The van der Waals surface area contributed by atoms with Gasteiger partial charge in [-0.25, -0.2) is 4.79 Å². The number of esters is 1. The van der Waals surface area contributed by atoms with Crippen molar-refractivity contribution < 1.29 is 29.0 Å². The lowest BCUT2D eigenvalue weighted by molar-refractivity contribution is -0.145. The maximum Gasteiger partial charge on any atom is 0.408 e. The maximum absolute atomic E-state index is 11.6. The summed E-state index contributed by atoms with van der Waals surface area (Å²) in [6, 6.07) is 7.39. The Morgan fingerprint density at radius 1 is 1.22 bits per heavy atom. The summed E-state index contributed by atoms with van der Waals surface area (Å²) in [6.45, 7) is -0.562. The van der Waals surface area contributed by atoms with Crippen LogP contribution in [0.25, 0.3) is 0 Å². The van der Waals surface area contributed by atoms with E-state index in [4.69, 9.17) is 22.1 Å². The first kappa shape index (κ1) is 18.7. The predicted molar refractivity (Wildman–Crippen MR) is 80.4 cm³/mol. The van der Waals surface area contributed by atoms with Crippen LogP contribution in [-0.2, 0) is 25.7 Å². The molecule has 1 rings (SSSR count). The van der Waals surface area contributed by atoms with Gasteiger partial charge in [-0.05, 0) is 5.56 Å². The summed E-state index contributed by atoms with van der Waals surface area (Å²) < 4.78 is 9.48. The van der Waals surface area contributed by atoms with Gasteiger partial charge >= 0.3 is 12.1 Å². The molecule has 1 aromatic carbocycles. The lowest BCUT2D eigenvalue weighted by Crippen LogP contribution is -2.53. The Kier molecular flexibility index (Phi) is 7.86. The third kappa shape index (κ3) is 6.98. The van der Waals surface area contributed by atoms with Crippen LogP contribution >= 0.6 is 11.6 Å². The molecule has 0 radical (unpaired) electrons. The highest BCUT2D eigenvalue weighted by Gasteiger charge is 2.28. The number of amides is 2. The largest absolute Gasteiger partial charge is 0.462 e. The summed E-state index contributed by atoms with van der Waals surface area (Å²) in [5.41, 5.74) is 5.84. The van der Waals surface area contributed by atoms with Gasteiger partial charge in [0.25, 0.3) is 0 Å². The minimum atomic E-state index is -1.52. The van der Waals surface area contributed by atoms with Crippen molar-refractivity contribution in [2.75, 3.05) is 12.5 Å². The smallest absolute Gasteiger partial charge is 0.408 e. The molecule has 0 saturated heterocycles. The van der Waals surface area contributed by atoms with E-state index in [0.29, 0.717) is 0 Å². The summed E-state index contributed by atoms with van der Waals surface area (Å²) >= 11 is 5.22. The second kappa shape index (κ2) is 9.65. The number of hydrogen-bond acceptors (Lipinski definition) is 6. The van der Waals surface area contributed by atoms with Gasteiger partial charge in [0.05, 0.1) is 0 Å². The molecule has 23 heavy (non-hydrogen) atoms. The SMILES string of the molecule is NC(=O)[C@@H](NC(=O)OCc1ccccc1)[C@@H](O)COC(=O)CCl. The molecule has 0 heterocycles. The Balaban J connectivity index is 2.49. The lowest BCUT2D eigenvalue weighted by Gasteiger charge is -2.20. The average Bonchev–Trinajstić information content (AvgIpc) is 2.55. The van der Waals surface area contributed by atoms with E-state index < -0.39 is 42.6 Å². The Morgan fingerprint density at radius 3 is 2.43 bits per heavy atom. The van der Waals surface area contributed by atoms with Gasteiger partial charge in [0.15, 0.2) is 0 Å². The molecule has 0 aliphatic rings. The average molecular weight is 345 g/mol. The van der Waals surface area contributed by atoms with Crippen molar-refractivity contribution in [3.05, 3.63) is 35.9 Å². The zero-order chi connectivity index (χ0) is 17.2. The number of alkyl carbamates (subject to hydrolysis) is 1. The fourth-order valence-electron chi connectivity index (χ4n) is 1.56. The number of nitrogens with one attached hydrogen (secondary N) is 1. The number of carbonyl (C=O) groups is 3. The van der Waals surface area contributed by atoms with Crippen molar-refractivity contribution >= 4 is 29.6 Å². The van der Waals surface area contributed by atoms with Crippen LogP contribution in [0.15, 0.2) is 30.3 Å². The fourth-order valence-corrected chi connectivity index (χ4v) is 1.64. The van der Waals surface area contributed by atoms with Crippen LogP contribution in [0.4, 0.5) is 4.79 Å². The van der Waals surface area contributed by atoms with E-state index in [1.165, 1.54) is 0 Å². The summed E-state index contributed by atoms with van der Waals surface area (Å²) in [5, 5.41) is 11.9. The number of hydrogen-bond donors (Lipinski definition) is 3. The molecule has 0 saturated carbocycles. The van der Waals surface area contributed by atoms with Crippen LogP contribution in [0.1, 0.15) is 5.56 Å². The number of aliphatic hydroxyl groups excluding tert-OH is 1. The number of benzene rings is 1. The van der Waals surface area contributed by atoms with E-state index in [0.717, 1.165) is 5.56 Å².